The number of nitrogens with zero attached hydrogens (tertiary/aromatic N) is 5. The van der Waals surface area contributed by atoms with Gasteiger partial charge in [-0.25, -0.2) is 9.59 Å². The van der Waals surface area contributed by atoms with E-state index in [2.05, 4.69) is 5.32 Å². The Morgan fingerprint density at radius 1 is 1.20 bits per heavy atom. The van der Waals surface area contributed by atoms with Crippen molar-refractivity contribution in [3.05, 3.63) is 62.8 Å². The minimum absolute atomic E-state index is 0.187. The fraction of sp³-hybridized carbons (Fsp3) is 0.464. The van der Waals surface area contributed by atoms with Gasteiger partial charge in [-0.1, -0.05) is 24.3 Å². The summed E-state index contributed by atoms with van der Waals surface area (Å²) in [5.74, 6) is 0.0655. The summed E-state index contributed by atoms with van der Waals surface area (Å²) in [7, 11) is 1.53. The van der Waals surface area contributed by atoms with Gasteiger partial charge >= 0.3 is 11.8 Å². The highest BCUT2D eigenvalue weighted by atomic mass is 16.6. The number of fused-ring (bicyclic) bond motifs is 1. The number of ether oxygens (including phenoxy) is 1. The van der Waals surface area contributed by atoms with Crippen LogP contribution < -0.4 is 27.2 Å². The molecule has 1 fully saturated rings. The lowest BCUT2D eigenvalue weighted by Gasteiger charge is -2.34. The molecule has 0 radical (unpaired) electrons. The molecule has 214 valence electrons. The lowest BCUT2D eigenvalue weighted by molar-refractivity contribution is 0.0499. The molecule has 40 heavy (non-hydrogen) atoms. The Hall–Kier alpha value is -4.35. The molecule has 2 aromatic heterocycles. The molecule has 0 saturated carbocycles. The minimum atomic E-state index is -0.648. The largest absolute Gasteiger partial charge is 0.444 e. The number of para-hydroxylation sites is 1. The lowest BCUT2D eigenvalue weighted by Crippen LogP contribution is -2.49. The van der Waals surface area contributed by atoms with Gasteiger partial charge in [0.1, 0.15) is 5.60 Å². The second-order valence-corrected chi connectivity index (χ2v) is 10.9. The number of anilines is 2. The molecule has 1 aromatic carbocycles. The third-order valence-electron chi connectivity index (χ3n) is 6.72. The van der Waals surface area contributed by atoms with Crippen molar-refractivity contribution >= 4 is 34.7 Å². The van der Waals surface area contributed by atoms with E-state index in [-0.39, 0.29) is 28.5 Å². The van der Waals surface area contributed by atoms with Crippen LogP contribution in [0.15, 0.2) is 46.0 Å². The number of amides is 1. The molecule has 4 rings (SSSR count). The first-order valence-electron chi connectivity index (χ1n) is 13.3. The van der Waals surface area contributed by atoms with E-state index in [4.69, 9.17) is 15.5 Å². The predicted octanol–water partition coefficient (Wildman–Crippen LogP) is 2.43. The van der Waals surface area contributed by atoms with Gasteiger partial charge in [0, 0.05) is 44.0 Å². The van der Waals surface area contributed by atoms with Crippen LogP contribution in [-0.2, 0) is 24.9 Å². The zero-order valence-electron chi connectivity index (χ0n) is 23.6. The first-order chi connectivity index (χ1) is 18.9. The Labute approximate surface area is 232 Å². The molecule has 0 spiro atoms. The summed E-state index contributed by atoms with van der Waals surface area (Å²) >= 11 is 0. The van der Waals surface area contributed by atoms with Gasteiger partial charge in [0.25, 0.3) is 5.56 Å². The number of carbonyl (C=O) groups is 2. The van der Waals surface area contributed by atoms with Crippen LogP contribution in [0.1, 0.15) is 50.9 Å². The van der Waals surface area contributed by atoms with Crippen LogP contribution in [0.5, 0.6) is 0 Å². The van der Waals surface area contributed by atoms with Crippen LogP contribution in [0.4, 0.5) is 16.4 Å². The number of nitrogens with one attached hydrogen (secondary N) is 1. The van der Waals surface area contributed by atoms with Gasteiger partial charge < -0.3 is 25.3 Å². The van der Waals surface area contributed by atoms with Crippen molar-refractivity contribution in [3.63, 3.8) is 0 Å². The third kappa shape index (κ3) is 5.95. The molecule has 0 aliphatic carbocycles. The molecule has 1 saturated heterocycles. The molecule has 1 amide bonds. The first-order valence-corrected chi connectivity index (χ1v) is 13.3. The molecule has 3 heterocycles. The fourth-order valence-corrected chi connectivity index (χ4v) is 4.86. The molecule has 1 atom stereocenters. The van der Waals surface area contributed by atoms with E-state index in [1.807, 2.05) is 44.7 Å². The average molecular weight is 552 g/mol. The molecule has 12 heteroatoms. The first kappa shape index (κ1) is 28.7. The molecular formula is C28H37N7O5. The van der Waals surface area contributed by atoms with Gasteiger partial charge in [0.05, 0.1) is 6.54 Å². The quantitative estimate of drug-likeness (QED) is 0.259. The lowest BCUT2D eigenvalue weighted by atomic mass is 10.1. The monoisotopic (exact) mass is 551 g/mol. The number of benzene rings is 1. The number of nitrogens with two attached hydrogens (primary N) is 1. The maximum absolute atomic E-state index is 13.8. The summed E-state index contributed by atoms with van der Waals surface area (Å²) in [4.78, 5) is 59.2. The molecular weight excluding hydrogens is 514 g/mol. The number of hydrogen-bond donors (Lipinski definition) is 2. The SMILES string of the molecule is CC=CCn1c(N2CCC[C@H](NC(=O)OC(C)(C)C)C2)nc2c1c(=O)n(CC(=O)c1ccccc1N)c(=O)n2C. The Kier molecular flexibility index (Phi) is 8.17. The number of ketones is 1. The Morgan fingerprint density at radius 3 is 2.60 bits per heavy atom. The number of allylic oxidation sites excluding steroid dienone is 2. The molecule has 0 unspecified atom stereocenters. The molecule has 3 aromatic rings. The van der Waals surface area contributed by atoms with E-state index >= 15 is 0 Å². The van der Waals surface area contributed by atoms with Crippen LogP contribution >= 0.6 is 0 Å². The third-order valence-corrected chi connectivity index (χ3v) is 6.72. The topological polar surface area (TPSA) is 146 Å². The van der Waals surface area contributed by atoms with Crippen molar-refractivity contribution in [2.45, 2.75) is 65.3 Å². The highest BCUT2D eigenvalue weighted by molar-refractivity contribution is 6.00. The highest BCUT2D eigenvalue weighted by Crippen LogP contribution is 2.24. The van der Waals surface area contributed by atoms with Gasteiger partial charge in [-0.3, -0.25) is 18.7 Å². The summed E-state index contributed by atoms with van der Waals surface area (Å²) in [5.41, 5.74) is 5.05. The average Bonchev–Trinajstić information content (AvgIpc) is 3.27. The summed E-state index contributed by atoms with van der Waals surface area (Å²) < 4.78 is 9.39. The fourth-order valence-electron chi connectivity index (χ4n) is 4.86. The van der Waals surface area contributed by atoms with E-state index in [1.165, 1.54) is 11.6 Å². The number of carbonyl (C=O) groups excluding carboxylic acids is 2. The van der Waals surface area contributed by atoms with Crippen molar-refractivity contribution in [1.29, 1.82) is 0 Å². The number of nitrogen functional groups attached to an aromatic ring is 1. The zero-order valence-corrected chi connectivity index (χ0v) is 23.6. The summed E-state index contributed by atoms with van der Waals surface area (Å²) in [5, 5.41) is 2.93. The van der Waals surface area contributed by atoms with E-state index in [0.29, 0.717) is 25.6 Å². The van der Waals surface area contributed by atoms with E-state index in [1.54, 1.807) is 28.8 Å². The molecule has 1 aliphatic rings. The summed E-state index contributed by atoms with van der Waals surface area (Å²) in [6, 6.07) is 6.36. The van der Waals surface area contributed by atoms with E-state index in [0.717, 1.165) is 17.4 Å². The normalized spacial score (nSPS) is 16.0. The Balaban J connectivity index is 1.74. The number of Topliss-reactive ketones (excluding diaryl/α,β-unsaturated/α-hetero) is 1. The van der Waals surface area contributed by atoms with E-state index < -0.39 is 35.3 Å². The molecule has 0 bridgehead atoms. The number of alkyl carbamates (subject to hydrolysis) is 1. The van der Waals surface area contributed by atoms with Gasteiger partial charge in [-0.2, -0.15) is 4.98 Å². The number of hydrogen-bond acceptors (Lipinski definition) is 8. The Bertz CT molecular complexity index is 1570. The summed E-state index contributed by atoms with van der Waals surface area (Å²) in [6.07, 6.45) is 4.80. The maximum atomic E-state index is 13.8. The molecule has 1 aliphatic heterocycles. The number of piperidine rings is 1. The number of aryl methyl sites for hydroxylation is 1. The van der Waals surface area contributed by atoms with Crippen LogP contribution in [0.25, 0.3) is 11.2 Å². The van der Waals surface area contributed by atoms with Crippen molar-refractivity contribution < 1.29 is 14.3 Å². The molecule has 12 nitrogen and oxygen atoms in total. The standard InChI is InChI=1S/C28H37N7O5/c1-6-7-15-34-22-23(31-25(34)33-14-10-11-18(16-33)30-26(38)40-28(2,3)4)32(5)27(39)35(24(22)37)17-21(36)19-12-8-9-13-20(19)29/h6-9,12-13,18H,10-11,14-17,29H2,1-5H3,(H,30,38)/t18-/m0/s1. The second kappa shape index (κ2) is 11.4. The van der Waals surface area contributed by atoms with Crippen LogP contribution in [0.3, 0.4) is 0 Å². The van der Waals surface area contributed by atoms with Crippen molar-refractivity contribution in [1.82, 2.24) is 24.0 Å². The van der Waals surface area contributed by atoms with Crippen molar-refractivity contribution in [2.75, 3.05) is 23.7 Å². The maximum Gasteiger partial charge on any atom is 0.407 e. The number of aromatic nitrogens is 4. The zero-order chi connectivity index (χ0) is 29.2. The predicted molar refractivity (Wildman–Crippen MR) is 154 cm³/mol. The second-order valence-electron chi connectivity index (χ2n) is 10.9. The Morgan fingerprint density at radius 2 is 1.93 bits per heavy atom. The van der Waals surface area contributed by atoms with Crippen LogP contribution in [0.2, 0.25) is 0 Å². The van der Waals surface area contributed by atoms with Crippen molar-refractivity contribution in [3.8, 4) is 0 Å². The van der Waals surface area contributed by atoms with Crippen LogP contribution in [0, 0.1) is 0 Å². The van der Waals surface area contributed by atoms with Crippen molar-refractivity contribution in [2.24, 2.45) is 7.05 Å². The van der Waals surface area contributed by atoms with Gasteiger partial charge in [0.2, 0.25) is 5.95 Å². The van der Waals surface area contributed by atoms with Crippen LogP contribution in [-0.4, -0.2) is 55.3 Å². The van der Waals surface area contributed by atoms with E-state index in [9.17, 15) is 19.2 Å². The van der Waals surface area contributed by atoms with Gasteiger partial charge in [-0.15, -0.1) is 0 Å². The number of imidazole rings is 1. The smallest absolute Gasteiger partial charge is 0.407 e. The number of rotatable bonds is 7. The van der Waals surface area contributed by atoms with Gasteiger partial charge in [0.15, 0.2) is 16.9 Å². The molecule has 3 N–H and O–H groups in total. The summed E-state index contributed by atoms with van der Waals surface area (Å²) in [6.45, 7) is 8.28. The highest BCUT2D eigenvalue weighted by Gasteiger charge is 2.29. The minimum Gasteiger partial charge on any atom is -0.444 e. The van der Waals surface area contributed by atoms with Gasteiger partial charge in [-0.05, 0) is 52.7 Å².